The Labute approximate surface area is 204 Å². The van der Waals surface area contributed by atoms with Crippen molar-refractivity contribution in [3.05, 3.63) is 52.2 Å². The number of benzene rings is 1. The molecule has 0 bridgehead atoms. The van der Waals surface area contributed by atoms with Crippen molar-refractivity contribution in [1.82, 2.24) is 14.7 Å². The molecule has 1 fully saturated rings. The summed E-state index contributed by atoms with van der Waals surface area (Å²) in [5.41, 5.74) is 3.43. The van der Waals surface area contributed by atoms with E-state index in [9.17, 15) is 4.79 Å². The van der Waals surface area contributed by atoms with Crippen molar-refractivity contribution in [2.45, 2.75) is 45.8 Å². The van der Waals surface area contributed by atoms with E-state index in [-0.39, 0.29) is 12.0 Å². The largest absolute Gasteiger partial charge is 0.487 e. The quantitative estimate of drug-likeness (QED) is 0.526. The summed E-state index contributed by atoms with van der Waals surface area (Å²) in [4.78, 5) is 17.6. The highest BCUT2D eigenvalue weighted by molar-refractivity contribution is 7.15. The van der Waals surface area contributed by atoms with E-state index in [0.29, 0.717) is 32.0 Å². The molecule has 2 aliphatic rings. The van der Waals surface area contributed by atoms with Crippen LogP contribution in [0.25, 0.3) is 10.4 Å². The zero-order chi connectivity index (χ0) is 23.7. The molecule has 5 rings (SSSR count). The van der Waals surface area contributed by atoms with E-state index in [1.165, 1.54) is 16.2 Å². The lowest BCUT2D eigenvalue weighted by molar-refractivity contribution is -0.0115. The van der Waals surface area contributed by atoms with E-state index in [1.54, 1.807) is 23.1 Å². The number of thiophene rings is 1. The van der Waals surface area contributed by atoms with Gasteiger partial charge in [0.1, 0.15) is 18.9 Å². The molecule has 0 spiro atoms. The Bertz CT molecular complexity index is 1180. The molecule has 7 nitrogen and oxygen atoms in total. The standard InChI is InChI=1S/C26H31N3O4S/c1-17-12-22(28(3)27-17)26(30)29-9-11-32-25-20(15-29)13-19(24-8-7-18(2)34-24)14-23(25)33-16-21-6-4-5-10-31-21/h7-8,12-14,21H,4-6,9-11,15-16H2,1-3H3. The number of hydrogen-bond acceptors (Lipinski definition) is 6. The first kappa shape index (κ1) is 22.9. The van der Waals surface area contributed by atoms with Crippen molar-refractivity contribution in [1.29, 1.82) is 0 Å². The van der Waals surface area contributed by atoms with Gasteiger partial charge in [-0.3, -0.25) is 9.48 Å². The van der Waals surface area contributed by atoms with Crippen LogP contribution in [0.15, 0.2) is 30.3 Å². The summed E-state index contributed by atoms with van der Waals surface area (Å²) >= 11 is 1.75. The van der Waals surface area contributed by atoms with E-state index in [1.807, 2.05) is 17.9 Å². The van der Waals surface area contributed by atoms with E-state index >= 15 is 0 Å². The Morgan fingerprint density at radius 1 is 1.21 bits per heavy atom. The third-order valence-electron chi connectivity index (χ3n) is 6.33. The summed E-state index contributed by atoms with van der Waals surface area (Å²) in [6.45, 7) is 6.65. The number of aryl methyl sites for hydroxylation is 3. The molecule has 34 heavy (non-hydrogen) atoms. The molecular formula is C26H31N3O4S. The van der Waals surface area contributed by atoms with E-state index in [0.717, 1.165) is 47.8 Å². The Morgan fingerprint density at radius 3 is 2.79 bits per heavy atom. The van der Waals surface area contributed by atoms with Crippen molar-refractivity contribution in [2.24, 2.45) is 7.05 Å². The smallest absolute Gasteiger partial charge is 0.272 e. The summed E-state index contributed by atoms with van der Waals surface area (Å²) in [5.74, 6) is 1.40. The van der Waals surface area contributed by atoms with Gasteiger partial charge in [-0.15, -0.1) is 11.3 Å². The van der Waals surface area contributed by atoms with E-state index in [2.05, 4.69) is 36.3 Å². The second kappa shape index (κ2) is 9.80. The van der Waals surface area contributed by atoms with Crippen LogP contribution in [0.4, 0.5) is 0 Å². The van der Waals surface area contributed by atoms with Crippen LogP contribution in [-0.4, -0.2) is 53.1 Å². The maximum absolute atomic E-state index is 13.3. The van der Waals surface area contributed by atoms with Gasteiger partial charge in [0, 0.05) is 35.5 Å². The Balaban J connectivity index is 1.46. The first-order valence-corrected chi connectivity index (χ1v) is 12.7. The average Bonchev–Trinajstić information content (AvgIpc) is 3.34. The predicted molar refractivity (Wildman–Crippen MR) is 132 cm³/mol. The van der Waals surface area contributed by atoms with Crippen LogP contribution >= 0.6 is 11.3 Å². The molecular weight excluding hydrogens is 450 g/mol. The van der Waals surface area contributed by atoms with Crippen LogP contribution in [0.3, 0.4) is 0 Å². The molecule has 2 aliphatic heterocycles. The molecule has 1 unspecified atom stereocenters. The van der Waals surface area contributed by atoms with Gasteiger partial charge < -0.3 is 19.1 Å². The number of rotatable bonds is 5. The molecule has 1 atom stereocenters. The fourth-order valence-corrected chi connectivity index (χ4v) is 5.45. The van der Waals surface area contributed by atoms with Crippen molar-refractivity contribution < 1.29 is 19.0 Å². The molecule has 0 saturated carbocycles. The van der Waals surface area contributed by atoms with E-state index < -0.39 is 0 Å². The fraction of sp³-hybridized carbons (Fsp3) is 0.462. The molecule has 3 aromatic rings. The summed E-state index contributed by atoms with van der Waals surface area (Å²) in [7, 11) is 1.80. The van der Waals surface area contributed by atoms with Crippen molar-refractivity contribution >= 4 is 17.2 Å². The number of carbonyl (C=O) groups is 1. The first-order valence-electron chi connectivity index (χ1n) is 11.9. The maximum Gasteiger partial charge on any atom is 0.272 e. The van der Waals surface area contributed by atoms with Crippen molar-refractivity contribution in [3.63, 3.8) is 0 Å². The Morgan fingerprint density at radius 2 is 2.09 bits per heavy atom. The van der Waals surface area contributed by atoms with Gasteiger partial charge >= 0.3 is 0 Å². The summed E-state index contributed by atoms with van der Waals surface area (Å²) in [6, 6.07) is 10.3. The Hall–Kier alpha value is -2.84. The Kier molecular flexibility index (Phi) is 6.61. The summed E-state index contributed by atoms with van der Waals surface area (Å²) < 4.78 is 20.0. The minimum atomic E-state index is -0.0463. The molecule has 0 aliphatic carbocycles. The van der Waals surface area contributed by atoms with Gasteiger partial charge in [0.2, 0.25) is 0 Å². The highest BCUT2D eigenvalue weighted by Crippen LogP contribution is 2.40. The molecule has 1 amide bonds. The van der Waals surface area contributed by atoms with Crippen LogP contribution in [0.1, 0.15) is 45.9 Å². The molecule has 1 saturated heterocycles. The zero-order valence-electron chi connectivity index (χ0n) is 20.0. The van der Waals surface area contributed by atoms with Crippen LogP contribution < -0.4 is 9.47 Å². The fourth-order valence-electron chi connectivity index (χ4n) is 4.59. The van der Waals surface area contributed by atoms with Crippen molar-refractivity contribution in [3.8, 4) is 21.9 Å². The van der Waals surface area contributed by atoms with Gasteiger partial charge in [-0.25, -0.2) is 0 Å². The second-order valence-corrected chi connectivity index (χ2v) is 10.3. The minimum Gasteiger partial charge on any atom is -0.487 e. The third-order valence-corrected chi connectivity index (χ3v) is 7.38. The molecule has 2 aromatic heterocycles. The van der Waals surface area contributed by atoms with Crippen molar-refractivity contribution in [2.75, 3.05) is 26.4 Å². The lowest BCUT2D eigenvalue weighted by atomic mass is 10.1. The van der Waals surface area contributed by atoms with Crippen LogP contribution in [-0.2, 0) is 18.3 Å². The van der Waals surface area contributed by atoms with Gasteiger partial charge in [0.15, 0.2) is 11.5 Å². The number of ether oxygens (including phenoxy) is 3. The number of fused-ring (bicyclic) bond motifs is 1. The van der Waals surface area contributed by atoms with Gasteiger partial charge in [0.25, 0.3) is 5.91 Å². The molecule has 0 N–H and O–H groups in total. The molecule has 0 radical (unpaired) electrons. The topological polar surface area (TPSA) is 65.8 Å². The predicted octanol–water partition coefficient (Wildman–Crippen LogP) is 4.75. The lowest BCUT2D eigenvalue weighted by Gasteiger charge is -2.24. The average molecular weight is 482 g/mol. The van der Waals surface area contributed by atoms with Crippen LogP contribution in [0, 0.1) is 13.8 Å². The van der Waals surface area contributed by atoms with Gasteiger partial charge in [-0.05, 0) is 69.0 Å². The molecule has 1 aromatic carbocycles. The SMILES string of the molecule is Cc1cc(C(=O)N2CCOc3c(cc(-c4ccc(C)s4)cc3OCC3CCCCO3)C2)n(C)n1. The highest BCUT2D eigenvalue weighted by Gasteiger charge is 2.27. The zero-order valence-corrected chi connectivity index (χ0v) is 20.8. The molecule has 8 heteroatoms. The van der Waals surface area contributed by atoms with Gasteiger partial charge in [-0.2, -0.15) is 5.10 Å². The summed E-state index contributed by atoms with van der Waals surface area (Å²) in [5, 5.41) is 4.34. The minimum absolute atomic E-state index is 0.0463. The maximum atomic E-state index is 13.3. The first-order chi connectivity index (χ1) is 16.5. The van der Waals surface area contributed by atoms with Gasteiger partial charge in [-0.1, -0.05) is 0 Å². The number of aromatic nitrogens is 2. The van der Waals surface area contributed by atoms with Crippen LogP contribution in [0.2, 0.25) is 0 Å². The van der Waals surface area contributed by atoms with E-state index in [4.69, 9.17) is 14.2 Å². The van der Waals surface area contributed by atoms with Crippen LogP contribution in [0.5, 0.6) is 11.5 Å². The number of nitrogens with zero attached hydrogens (tertiary/aromatic N) is 3. The number of hydrogen-bond donors (Lipinski definition) is 0. The number of carbonyl (C=O) groups excluding carboxylic acids is 1. The normalized spacial score (nSPS) is 18.2. The number of amides is 1. The molecule has 180 valence electrons. The third kappa shape index (κ3) is 4.83. The summed E-state index contributed by atoms with van der Waals surface area (Å²) in [6.07, 6.45) is 3.40. The monoisotopic (exact) mass is 481 g/mol. The van der Waals surface area contributed by atoms with Gasteiger partial charge in [0.05, 0.1) is 18.3 Å². The lowest BCUT2D eigenvalue weighted by Crippen LogP contribution is -2.33. The highest BCUT2D eigenvalue weighted by atomic mass is 32.1. The molecule has 4 heterocycles. The second-order valence-electron chi connectivity index (χ2n) is 9.04.